The third-order valence-electron chi connectivity index (χ3n) is 1.14. The van der Waals surface area contributed by atoms with Crippen LogP contribution in [0.25, 0.3) is 0 Å². The van der Waals surface area contributed by atoms with Crippen molar-refractivity contribution >= 4 is 22.5 Å². The van der Waals surface area contributed by atoms with E-state index >= 15 is 0 Å². The zero-order valence-corrected chi connectivity index (χ0v) is 7.84. The van der Waals surface area contributed by atoms with Gasteiger partial charge in [0.05, 0.1) is 6.10 Å². The molecule has 0 saturated heterocycles. The van der Waals surface area contributed by atoms with Crippen LogP contribution in [0.2, 0.25) is 0 Å². The van der Waals surface area contributed by atoms with Gasteiger partial charge in [0, 0.05) is 6.54 Å². The number of hydrogen-bond acceptors (Lipinski definition) is 5. The molecule has 1 heterocycles. The molecular formula is C6H10N4O2S. The lowest BCUT2D eigenvalue weighted by Crippen LogP contribution is -2.34. The second kappa shape index (κ2) is 4.73. The molecule has 3 N–H and O–H groups in total. The highest BCUT2D eigenvalue weighted by Gasteiger charge is 2.04. The van der Waals surface area contributed by atoms with Crippen molar-refractivity contribution in [2.45, 2.75) is 13.0 Å². The third kappa shape index (κ3) is 3.81. The molecule has 7 heteroatoms. The van der Waals surface area contributed by atoms with Crippen molar-refractivity contribution in [3.05, 3.63) is 5.51 Å². The van der Waals surface area contributed by atoms with Crippen molar-refractivity contribution in [1.82, 2.24) is 15.5 Å². The van der Waals surface area contributed by atoms with Gasteiger partial charge in [-0.15, -0.1) is 10.2 Å². The first kappa shape index (κ1) is 9.87. The van der Waals surface area contributed by atoms with E-state index in [2.05, 4.69) is 20.8 Å². The standard InChI is InChI=1S/C6H10N4O2S/c1-4(11)2-7-5(12)9-6-10-8-3-13-6/h3-4,11H,2H2,1H3,(H2,7,9,10,12)/t4-/m0/s1. The Labute approximate surface area is 79.0 Å². The molecule has 1 aromatic rings. The Bertz CT molecular complexity index is 262. The summed E-state index contributed by atoms with van der Waals surface area (Å²) in [7, 11) is 0. The molecule has 1 atom stereocenters. The third-order valence-corrected chi connectivity index (χ3v) is 1.75. The van der Waals surface area contributed by atoms with E-state index < -0.39 is 12.1 Å². The van der Waals surface area contributed by atoms with Gasteiger partial charge in [0.25, 0.3) is 0 Å². The number of carbonyl (C=O) groups is 1. The first-order valence-electron chi connectivity index (χ1n) is 3.67. The Balaban J connectivity index is 2.26. The number of aromatic nitrogens is 2. The van der Waals surface area contributed by atoms with Gasteiger partial charge < -0.3 is 10.4 Å². The molecule has 2 amide bonds. The number of anilines is 1. The van der Waals surface area contributed by atoms with Crippen LogP contribution in [-0.2, 0) is 0 Å². The number of hydrogen-bond donors (Lipinski definition) is 3. The lowest BCUT2D eigenvalue weighted by Gasteiger charge is -2.06. The predicted octanol–water partition coefficient (Wildman–Crippen LogP) is 0.0404. The molecule has 1 aromatic heterocycles. The van der Waals surface area contributed by atoms with Gasteiger partial charge in [-0.25, -0.2) is 4.79 Å². The van der Waals surface area contributed by atoms with E-state index in [0.717, 1.165) is 0 Å². The molecule has 0 aliphatic carbocycles. The maximum Gasteiger partial charge on any atom is 0.321 e. The number of urea groups is 1. The SMILES string of the molecule is C[C@H](O)CNC(=O)Nc1nncs1. The van der Waals surface area contributed by atoms with Crippen molar-refractivity contribution in [3.8, 4) is 0 Å². The van der Waals surface area contributed by atoms with Crippen LogP contribution in [0.4, 0.5) is 9.93 Å². The highest BCUT2D eigenvalue weighted by atomic mass is 32.1. The fraction of sp³-hybridized carbons (Fsp3) is 0.500. The number of amides is 2. The average molecular weight is 202 g/mol. The minimum Gasteiger partial charge on any atom is -0.392 e. The van der Waals surface area contributed by atoms with Gasteiger partial charge in [-0.1, -0.05) is 11.3 Å². The van der Waals surface area contributed by atoms with Gasteiger partial charge in [-0.2, -0.15) is 0 Å². The summed E-state index contributed by atoms with van der Waals surface area (Å²) >= 11 is 1.23. The molecule has 0 unspecified atom stereocenters. The topological polar surface area (TPSA) is 87.1 Å². The second-order valence-electron chi connectivity index (χ2n) is 2.43. The van der Waals surface area contributed by atoms with Crippen molar-refractivity contribution in [2.75, 3.05) is 11.9 Å². The smallest absolute Gasteiger partial charge is 0.321 e. The van der Waals surface area contributed by atoms with Crippen LogP contribution in [0, 0.1) is 0 Å². The summed E-state index contributed by atoms with van der Waals surface area (Å²) < 4.78 is 0. The zero-order chi connectivity index (χ0) is 9.68. The number of aliphatic hydroxyl groups is 1. The van der Waals surface area contributed by atoms with Crippen molar-refractivity contribution < 1.29 is 9.90 Å². The van der Waals surface area contributed by atoms with Crippen LogP contribution in [-0.4, -0.2) is 34.0 Å². The normalized spacial score (nSPS) is 12.2. The van der Waals surface area contributed by atoms with E-state index in [1.54, 1.807) is 6.92 Å². The van der Waals surface area contributed by atoms with E-state index in [9.17, 15) is 4.79 Å². The second-order valence-corrected chi connectivity index (χ2v) is 3.26. The molecule has 13 heavy (non-hydrogen) atoms. The van der Waals surface area contributed by atoms with E-state index in [-0.39, 0.29) is 6.54 Å². The van der Waals surface area contributed by atoms with Gasteiger partial charge in [0.15, 0.2) is 0 Å². The highest BCUT2D eigenvalue weighted by molar-refractivity contribution is 7.13. The Morgan fingerprint density at radius 1 is 1.85 bits per heavy atom. The fourth-order valence-corrected chi connectivity index (χ4v) is 1.05. The van der Waals surface area contributed by atoms with Gasteiger partial charge in [-0.05, 0) is 6.92 Å². The van der Waals surface area contributed by atoms with Crippen LogP contribution in [0.3, 0.4) is 0 Å². The molecule has 6 nitrogen and oxygen atoms in total. The van der Waals surface area contributed by atoms with Crippen LogP contribution in [0.1, 0.15) is 6.92 Å². The maximum atomic E-state index is 11.0. The summed E-state index contributed by atoms with van der Waals surface area (Å²) in [6, 6.07) is -0.391. The molecule has 0 saturated carbocycles. The Hall–Kier alpha value is -1.21. The molecule has 0 aliphatic heterocycles. The number of nitrogens with one attached hydrogen (secondary N) is 2. The monoisotopic (exact) mass is 202 g/mol. The van der Waals surface area contributed by atoms with Gasteiger partial charge in [-0.3, -0.25) is 5.32 Å². The number of nitrogens with zero attached hydrogens (tertiary/aromatic N) is 2. The van der Waals surface area contributed by atoms with E-state index in [1.165, 1.54) is 16.8 Å². The Morgan fingerprint density at radius 3 is 3.15 bits per heavy atom. The first-order valence-corrected chi connectivity index (χ1v) is 4.55. The van der Waals surface area contributed by atoms with Crippen LogP contribution < -0.4 is 10.6 Å². The largest absolute Gasteiger partial charge is 0.392 e. The number of aliphatic hydroxyl groups excluding tert-OH is 1. The van der Waals surface area contributed by atoms with Crippen molar-refractivity contribution in [3.63, 3.8) is 0 Å². The highest BCUT2D eigenvalue weighted by Crippen LogP contribution is 2.06. The minimum absolute atomic E-state index is 0.213. The lowest BCUT2D eigenvalue weighted by atomic mass is 10.4. The first-order chi connectivity index (χ1) is 6.18. The van der Waals surface area contributed by atoms with Crippen molar-refractivity contribution in [2.24, 2.45) is 0 Å². The summed E-state index contributed by atoms with van der Waals surface area (Å²) in [4.78, 5) is 11.0. The summed E-state index contributed by atoms with van der Waals surface area (Å²) in [5.41, 5.74) is 1.52. The van der Waals surface area contributed by atoms with Gasteiger partial charge in [0.2, 0.25) is 5.13 Å². The quantitative estimate of drug-likeness (QED) is 0.646. The van der Waals surface area contributed by atoms with E-state index in [0.29, 0.717) is 5.13 Å². The molecule has 72 valence electrons. The molecule has 0 aromatic carbocycles. The molecule has 0 spiro atoms. The minimum atomic E-state index is -0.555. The van der Waals surface area contributed by atoms with Crippen LogP contribution in [0.15, 0.2) is 5.51 Å². The average Bonchev–Trinajstić information content (AvgIpc) is 2.53. The Morgan fingerprint density at radius 2 is 2.62 bits per heavy atom. The van der Waals surface area contributed by atoms with E-state index in [4.69, 9.17) is 5.11 Å². The lowest BCUT2D eigenvalue weighted by molar-refractivity contribution is 0.190. The summed E-state index contributed by atoms with van der Waals surface area (Å²) in [5.74, 6) is 0. The summed E-state index contributed by atoms with van der Waals surface area (Å²) in [6.07, 6.45) is -0.555. The molecule has 0 radical (unpaired) electrons. The van der Waals surface area contributed by atoms with Crippen molar-refractivity contribution in [1.29, 1.82) is 0 Å². The number of rotatable bonds is 3. The summed E-state index contributed by atoms with van der Waals surface area (Å²) in [5, 5.41) is 21.4. The zero-order valence-electron chi connectivity index (χ0n) is 7.02. The Kier molecular flexibility index (Phi) is 3.59. The number of carbonyl (C=O) groups excluding carboxylic acids is 1. The van der Waals surface area contributed by atoms with Crippen LogP contribution >= 0.6 is 11.3 Å². The fourth-order valence-electron chi connectivity index (χ4n) is 0.609. The molecule has 0 fully saturated rings. The van der Waals surface area contributed by atoms with Gasteiger partial charge in [0.1, 0.15) is 5.51 Å². The molecule has 0 bridgehead atoms. The van der Waals surface area contributed by atoms with E-state index in [1.807, 2.05) is 0 Å². The van der Waals surface area contributed by atoms with Gasteiger partial charge >= 0.3 is 6.03 Å². The summed E-state index contributed by atoms with van der Waals surface area (Å²) in [6.45, 7) is 1.80. The molecular weight excluding hydrogens is 192 g/mol. The predicted molar refractivity (Wildman–Crippen MR) is 48.6 cm³/mol. The maximum absolute atomic E-state index is 11.0. The van der Waals surface area contributed by atoms with Crippen LogP contribution in [0.5, 0.6) is 0 Å². The molecule has 1 rings (SSSR count). The molecule has 0 aliphatic rings.